The summed E-state index contributed by atoms with van der Waals surface area (Å²) in [4.78, 5) is 4.90. The summed E-state index contributed by atoms with van der Waals surface area (Å²) in [6.07, 6.45) is 0. The molecule has 10 aromatic carbocycles. The van der Waals surface area contributed by atoms with Gasteiger partial charge >= 0.3 is 0 Å². The predicted molar refractivity (Wildman–Crippen MR) is 268 cm³/mol. The number of anilines is 6. The third-order valence-electron chi connectivity index (χ3n) is 13.9. The van der Waals surface area contributed by atoms with Crippen LogP contribution >= 0.6 is 0 Å². The van der Waals surface area contributed by atoms with Crippen LogP contribution in [0.5, 0.6) is 0 Å². The van der Waals surface area contributed by atoms with Crippen LogP contribution in [0.25, 0.3) is 33.0 Å². The quantitative estimate of drug-likeness (QED) is 0.158. The molecule has 0 atom stereocenters. The van der Waals surface area contributed by atoms with Gasteiger partial charge in [0.05, 0.1) is 16.8 Å². The Hall–Kier alpha value is -7.94. The van der Waals surface area contributed by atoms with E-state index in [1.165, 1.54) is 77.8 Å². The molecule has 0 aromatic heterocycles. The number of hydrogen-bond donors (Lipinski definition) is 0. The summed E-state index contributed by atoms with van der Waals surface area (Å²) in [5, 5.41) is 2.44. The first-order valence-corrected chi connectivity index (χ1v) is 22.3. The Morgan fingerprint density at radius 1 is 0.344 bits per heavy atom. The van der Waals surface area contributed by atoms with E-state index in [0.717, 1.165) is 22.7 Å². The van der Waals surface area contributed by atoms with Crippen molar-refractivity contribution < 1.29 is 0 Å². The molecule has 12 rings (SSSR count). The van der Waals surface area contributed by atoms with Gasteiger partial charge in [0.1, 0.15) is 0 Å². The Bertz CT molecular complexity index is 3310. The lowest BCUT2D eigenvalue weighted by Crippen LogP contribution is -2.33. The van der Waals surface area contributed by atoms with E-state index < -0.39 is 5.41 Å². The van der Waals surface area contributed by atoms with E-state index in [1.807, 2.05) is 0 Å². The highest BCUT2D eigenvalue weighted by atomic mass is 15.2. The van der Waals surface area contributed by atoms with Gasteiger partial charge in [-0.3, -0.25) is 0 Å². The lowest BCUT2D eigenvalue weighted by atomic mass is 9.65. The first-order valence-electron chi connectivity index (χ1n) is 22.3. The van der Waals surface area contributed by atoms with Crippen molar-refractivity contribution in [2.75, 3.05) is 9.80 Å². The summed E-state index contributed by atoms with van der Waals surface area (Å²) in [5.41, 5.74) is 18.7. The molecule has 0 amide bonds. The van der Waals surface area contributed by atoms with E-state index in [2.05, 4.69) is 266 Å². The van der Waals surface area contributed by atoms with Crippen LogP contribution in [0.2, 0.25) is 0 Å². The zero-order chi connectivity index (χ0) is 42.8. The van der Waals surface area contributed by atoms with Gasteiger partial charge in [0.2, 0.25) is 0 Å². The van der Waals surface area contributed by atoms with Crippen molar-refractivity contribution in [1.29, 1.82) is 0 Å². The Morgan fingerprint density at radius 3 is 1.53 bits per heavy atom. The first-order chi connectivity index (χ1) is 31.5. The van der Waals surface area contributed by atoms with Crippen LogP contribution in [0.4, 0.5) is 34.1 Å². The normalized spacial score (nSPS) is 14.0. The average molecular weight is 819 g/mol. The van der Waals surface area contributed by atoms with Crippen LogP contribution in [0, 0.1) is 0 Å². The molecule has 10 aromatic rings. The molecule has 0 fully saturated rings. The third-order valence-corrected chi connectivity index (χ3v) is 13.9. The summed E-state index contributed by atoms with van der Waals surface area (Å²) >= 11 is 0. The number of rotatable bonds is 7. The molecule has 304 valence electrons. The van der Waals surface area contributed by atoms with Crippen molar-refractivity contribution in [2.45, 2.75) is 24.7 Å². The molecular weight excluding hydrogens is 773 g/mol. The zero-order valence-electron chi connectivity index (χ0n) is 36.0. The molecule has 1 aliphatic heterocycles. The van der Waals surface area contributed by atoms with Crippen molar-refractivity contribution in [3.8, 4) is 22.3 Å². The average Bonchev–Trinajstić information content (AvgIpc) is 3.66. The largest absolute Gasteiger partial charge is 0.310 e. The van der Waals surface area contributed by atoms with Gasteiger partial charge in [0.25, 0.3) is 0 Å². The summed E-state index contributed by atoms with van der Waals surface area (Å²) < 4.78 is 0. The van der Waals surface area contributed by atoms with Gasteiger partial charge in [-0.05, 0) is 127 Å². The van der Waals surface area contributed by atoms with Gasteiger partial charge in [0.15, 0.2) is 0 Å². The predicted octanol–water partition coefficient (Wildman–Crippen LogP) is 16.4. The number of benzene rings is 10. The second-order valence-electron chi connectivity index (χ2n) is 17.7. The molecule has 0 saturated heterocycles. The van der Waals surface area contributed by atoms with Gasteiger partial charge in [0, 0.05) is 28.2 Å². The van der Waals surface area contributed by atoms with Crippen LogP contribution in [0.15, 0.2) is 243 Å². The molecule has 0 saturated carbocycles. The molecule has 2 aliphatic rings. The van der Waals surface area contributed by atoms with Crippen LogP contribution in [-0.4, -0.2) is 0 Å². The van der Waals surface area contributed by atoms with Crippen molar-refractivity contribution >= 4 is 44.9 Å². The topological polar surface area (TPSA) is 6.48 Å². The smallest absolute Gasteiger partial charge is 0.0713 e. The Labute approximate surface area is 376 Å². The monoisotopic (exact) mass is 818 g/mol. The van der Waals surface area contributed by atoms with Crippen LogP contribution in [0.1, 0.15) is 47.2 Å². The Kier molecular flexibility index (Phi) is 8.77. The first kappa shape index (κ1) is 37.8. The highest BCUT2D eigenvalue weighted by molar-refractivity contribution is 5.93. The fraction of sp³-hybridized carbons (Fsp3) is 0.0645. The van der Waals surface area contributed by atoms with Crippen LogP contribution in [-0.2, 0) is 10.8 Å². The molecule has 0 spiro atoms. The standard InChI is InChI=1S/C62H46N2/c1-61(2)57-41-48(62(47-22-8-4-9-23-47)55-28-16-14-26-53(55)54-27-15-17-29-56(54)62)33-38-59(57)64(49-24-10-5-11-25-49)60-39-37-52(42-58(60)61)63(51-36-32-44-20-12-13-21-46(44)40-51)50-34-30-45(31-35-50)43-18-6-3-7-19-43/h3-42H,1-2H3. The van der Waals surface area contributed by atoms with E-state index in [0.29, 0.717) is 0 Å². The van der Waals surface area contributed by atoms with Gasteiger partial charge in [-0.2, -0.15) is 0 Å². The lowest BCUT2D eigenvalue weighted by Gasteiger charge is -2.44. The number of nitrogens with zero attached hydrogens (tertiary/aromatic N) is 2. The molecule has 64 heavy (non-hydrogen) atoms. The molecule has 0 bridgehead atoms. The second-order valence-corrected chi connectivity index (χ2v) is 17.7. The van der Waals surface area contributed by atoms with Crippen LogP contribution < -0.4 is 9.80 Å². The number of hydrogen-bond acceptors (Lipinski definition) is 2. The SMILES string of the molecule is CC1(C)c2cc(N(c3ccc(-c4ccccc4)cc3)c3ccc4ccccc4c3)ccc2N(c2ccccc2)c2ccc(C3(c4ccccc4)c4ccccc4-c4ccccc43)cc21. The molecule has 0 radical (unpaired) electrons. The van der Waals surface area contributed by atoms with Gasteiger partial charge < -0.3 is 9.80 Å². The maximum absolute atomic E-state index is 2.54. The van der Waals surface area contributed by atoms with E-state index in [9.17, 15) is 0 Å². The van der Waals surface area contributed by atoms with Crippen LogP contribution in [0.3, 0.4) is 0 Å². The fourth-order valence-corrected chi connectivity index (χ4v) is 10.9. The minimum Gasteiger partial charge on any atom is -0.310 e. The van der Waals surface area contributed by atoms with Gasteiger partial charge in [-0.25, -0.2) is 0 Å². The maximum atomic E-state index is 2.54. The number of fused-ring (bicyclic) bond motifs is 6. The molecule has 2 nitrogen and oxygen atoms in total. The summed E-state index contributed by atoms with van der Waals surface area (Å²) in [6, 6.07) is 89.6. The fourth-order valence-electron chi connectivity index (χ4n) is 10.9. The van der Waals surface area contributed by atoms with Crippen molar-refractivity contribution in [3.05, 3.63) is 276 Å². The highest BCUT2D eigenvalue weighted by Gasteiger charge is 2.47. The number of para-hydroxylation sites is 1. The minimum atomic E-state index is -0.502. The summed E-state index contributed by atoms with van der Waals surface area (Å²) in [5.74, 6) is 0. The van der Waals surface area contributed by atoms with Crippen molar-refractivity contribution in [3.63, 3.8) is 0 Å². The van der Waals surface area contributed by atoms with E-state index in [-0.39, 0.29) is 5.41 Å². The molecule has 1 aliphatic carbocycles. The van der Waals surface area contributed by atoms with E-state index in [4.69, 9.17) is 0 Å². The molecule has 0 N–H and O–H groups in total. The maximum Gasteiger partial charge on any atom is 0.0713 e. The van der Waals surface area contributed by atoms with Crippen molar-refractivity contribution in [2.24, 2.45) is 0 Å². The Morgan fingerprint density at radius 2 is 0.844 bits per heavy atom. The third kappa shape index (κ3) is 5.80. The van der Waals surface area contributed by atoms with E-state index in [1.54, 1.807) is 0 Å². The van der Waals surface area contributed by atoms with Gasteiger partial charge in [-0.15, -0.1) is 0 Å². The van der Waals surface area contributed by atoms with Crippen molar-refractivity contribution in [1.82, 2.24) is 0 Å². The van der Waals surface area contributed by atoms with E-state index >= 15 is 0 Å². The lowest BCUT2D eigenvalue weighted by molar-refractivity contribution is 0.627. The summed E-state index contributed by atoms with van der Waals surface area (Å²) in [6.45, 7) is 4.84. The Balaban J connectivity index is 1.08. The van der Waals surface area contributed by atoms with Gasteiger partial charge in [-0.1, -0.05) is 196 Å². The molecular formula is C62H46N2. The molecule has 1 heterocycles. The highest BCUT2D eigenvalue weighted by Crippen LogP contribution is 2.59. The minimum absolute atomic E-state index is 0.385. The summed E-state index contributed by atoms with van der Waals surface area (Å²) in [7, 11) is 0. The molecule has 0 unspecified atom stereocenters. The zero-order valence-corrected chi connectivity index (χ0v) is 36.0. The second kappa shape index (κ2) is 14.9. The molecule has 2 heteroatoms.